The number of pyridine rings is 4. The number of fused-ring (bicyclic) bond motifs is 8. The molecule has 2 aliphatic rings. The number of nitrogens with one attached hydrogen (secondary N) is 2. The zero-order chi connectivity index (χ0) is 42.3. The Morgan fingerprint density at radius 1 is 0.333 bits per heavy atom. The fraction of sp³-hybridized carbons (Fsp3) is 0.0909. The van der Waals surface area contributed by atoms with Gasteiger partial charge in [0.2, 0.25) is 0 Å². The molecule has 9 heterocycles. The van der Waals surface area contributed by atoms with E-state index < -0.39 is 114 Å². The van der Waals surface area contributed by atoms with E-state index in [2.05, 4.69) is 19.9 Å². The Labute approximate surface area is 335 Å². The van der Waals surface area contributed by atoms with Crippen molar-refractivity contribution in [2.45, 2.75) is 0 Å². The van der Waals surface area contributed by atoms with E-state index in [1.165, 1.54) is 98.1 Å². The molecule has 9 rings (SSSR count). The Kier molecular flexibility index (Phi) is 9.02. The van der Waals surface area contributed by atoms with Crippen LogP contribution in [0.15, 0.2) is 98.1 Å². The van der Waals surface area contributed by atoms with Crippen LogP contribution in [0.5, 0.6) is 0 Å². The summed E-state index contributed by atoms with van der Waals surface area (Å²) in [6.07, 6.45) is 12.1. The van der Waals surface area contributed by atoms with Crippen LogP contribution in [0.4, 0.5) is 35.1 Å². The highest BCUT2D eigenvalue weighted by molar-refractivity contribution is 6.04. The molecule has 0 unspecified atom stereocenters. The number of halogens is 8. The third-order valence-electron chi connectivity index (χ3n) is 10.4. The van der Waals surface area contributed by atoms with Gasteiger partial charge in [-0.2, -0.15) is 0 Å². The lowest BCUT2D eigenvalue weighted by Crippen LogP contribution is -2.25. The van der Waals surface area contributed by atoms with Gasteiger partial charge in [-0.05, 0) is 22.3 Å². The van der Waals surface area contributed by atoms with Crippen molar-refractivity contribution in [3.05, 3.63) is 144 Å². The third kappa shape index (κ3) is 5.96. The van der Waals surface area contributed by atoms with E-state index in [1.54, 1.807) is 46.5 Å². The second kappa shape index (κ2) is 14.2. The van der Waals surface area contributed by atoms with Crippen LogP contribution in [0, 0.1) is 23.3 Å². The topological polar surface area (TPSA) is 72.9 Å². The average Bonchev–Trinajstić information content (AvgIpc) is 3.89. The molecular formula is C44H30F8N8+4. The van der Waals surface area contributed by atoms with Gasteiger partial charge in [-0.3, -0.25) is 0 Å². The van der Waals surface area contributed by atoms with Gasteiger partial charge in [0.1, 0.15) is 51.0 Å². The first-order chi connectivity index (χ1) is 28.7. The number of hydrogen-bond acceptors (Lipinski definition) is 2. The maximum atomic E-state index is 16.7. The Morgan fingerprint density at radius 2 is 0.517 bits per heavy atom. The first-order valence-corrected chi connectivity index (χ1v) is 18.2. The predicted octanol–water partition coefficient (Wildman–Crippen LogP) is 8.37. The van der Waals surface area contributed by atoms with Crippen LogP contribution in [0.25, 0.3) is 89.9 Å². The fourth-order valence-corrected chi connectivity index (χ4v) is 7.36. The molecule has 0 fully saturated rings. The second-order valence-corrected chi connectivity index (χ2v) is 14.4. The molecule has 0 aliphatic carbocycles. The average molecular weight is 823 g/mol. The minimum absolute atomic E-state index is 0.0197. The second-order valence-electron chi connectivity index (χ2n) is 14.4. The van der Waals surface area contributed by atoms with E-state index in [0.29, 0.717) is 0 Å². The van der Waals surface area contributed by atoms with Crippen LogP contribution in [-0.2, 0) is 28.2 Å². The summed E-state index contributed by atoms with van der Waals surface area (Å²) in [6.45, 7) is 0. The zero-order valence-electron chi connectivity index (χ0n) is 31.9. The molecule has 0 atom stereocenters. The Balaban J connectivity index is 1.62. The Morgan fingerprint density at radius 3 is 0.700 bits per heavy atom. The number of nitrogens with zero attached hydrogens (tertiary/aromatic N) is 6. The minimum Gasteiger partial charge on any atom is -0.349 e. The number of aryl methyl sites for hydroxylation is 4. The monoisotopic (exact) mass is 822 g/mol. The molecule has 0 radical (unpaired) electrons. The molecule has 8 nitrogen and oxygen atoms in total. The first kappa shape index (κ1) is 38.2. The van der Waals surface area contributed by atoms with Crippen LogP contribution in [0.2, 0.25) is 0 Å². The van der Waals surface area contributed by atoms with Gasteiger partial charge in [0, 0.05) is 70.8 Å². The molecular weight excluding hydrogens is 793 g/mol. The normalized spacial score (nSPS) is 12.9. The molecule has 298 valence electrons. The van der Waals surface area contributed by atoms with E-state index in [9.17, 15) is 0 Å². The van der Waals surface area contributed by atoms with Gasteiger partial charge in [-0.15, -0.1) is 0 Å². The highest BCUT2D eigenvalue weighted by Crippen LogP contribution is 2.47. The number of rotatable bonds is 4. The quantitative estimate of drug-likeness (QED) is 0.139. The van der Waals surface area contributed by atoms with Crippen LogP contribution >= 0.6 is 0 Å². The zero-order valence-corrected chi connectivity index (χ0v) is 31.9. The van der Waals surface area contributed by atoms with Crippen molar-refractivity contribution in [1.29, 1.82) is 0 Å². The lowest BCUT2D eigenvalue weighted by atomic mass is 10.0. The van der Waals surface area contributed by atoms with Crippen LogP contribution in [0.1, 0.15) is 22.8 Å². The van der Waals surface area contributed by atoms with Gasteiger partial charge in [-0.25, -0.2) is 63.4 Å². The van der Waals surface area contributed by atoms with Crippen molar-refractivity contribution < 1.29 is 53.4 Å². The summed E-state index contributed by atoms with van der Waals surface area (Å²) in [5, 5.41) is 0. The first-order valence-electron chi connectivity index (χ1n) is 18.2. The molecule has 0 saturated carbocycles. The number of hydrogen-bond donors (Lipinski definition) is 2. The summed E-state index contributed by atoms with van der Waals surface area (Å²) in [4.78, 5) is 13.9. The lowest BCUT2D eigenvalue weighted by Gasteiger charge is -2.06. The summed E-state index contributed by atoms with van der Waals surface area (Å²) in [5.41, 5.74) is -8.14. The maximum absolute atomic E-state index is 16.7. The molecule has 0 aromatic carbocycles. The lowest BCUT2D eigenvalue weighted by molar-refractivity contribution is -0.671. The van der Waals surface area contributed by atoms with Crippen molar-refractivity contribution in [3.63, 3.8) is 0 Å². The summed E-state index contributed by atoms with van der Waals surface area (Å²) >= 11 is 0. The van der Waals surface area contributed by atoms with Crippen molar-refractivity contribution in [2.75, 3.05) is 0 Å². The van der Waals surface area contributed by atoms with Crippen molar-refractivity contribution in [1.82, 2.24) is 19.9 Å². The van der Waals surface area contributed by atoms with E-state index in [0.717, 1.165) is 0 Å². The molecule has 0 saturated heterocycles. The Bertz CT molecular complexity index is 2770. The molecule has 7 aromatic rings. The van der Waals surface area contributed by atoms with Gasteiger partial charge in [-0.1, -0.05) is 0 Å². The highest BCUT2D eigenvalue weighted by atomic mass is 19.2. The van der Waals surface area contributed by atoms with E-state index in [1.807, 2.05) is 0 Å². The van der Waals surface area contributed by atoms with Crippen LogP contribution < -0.4 is 18.3 Å². The van der Waals surface area contributed by atoms with Gasteiger partial charge in [0.25, 0.3) is 0 Å². The number of aromatic amines is 2. The third-order valence-corrected chi connectivity index (χ3v) is 10.4. The molecule has 0 spiro atoms. The maximum Gasteiger partial charge on any atom is 0.187 e. The standard InChI is InChI=1S/C44H29F8N8/c1-57-13-5-21(6-14-57)25-37-29(45)31(47)39(53-37)26(22-7-15-58(2)16-8-22)41-33(49)35(51)43(55-41)28(24-11-19-60(4)20-12-24)44-36(52)34(50)42(56-44)27(23-9-17-59(3)18-10-23)40-32(48)30(46)38(25)54-40/h5-20H,1-4H3,(H,53,54,55,56)/q+3/p+1. The molecule has 60 heavy (non-hydrogen) atoms. The van der Waals surface area contributed by atoms with Crippen LogP contribution in [-0.4, -0.2) is 19.9 Å². The summed E-state index contributed by atoms with van der Waals surface area (Å²) in [5.74, 6) is -12.9. The van der Waals surface area contributed by atoms with Crippen molar-refractivity contribution in [3.8, 4) is 44.5 Å². The largest absolute Gasteiger partial charge is 0.349 e. The van der Waals surface area contributed by atoms with Crippen molar-refractivity contribution in [2.24, 2.45) is 28.2 Å². The summed E-state index contributed by atoms with van der Waals surface area (Å²) in [6, 6.07) is 11.3. The summed E-state index contributed by atoms with van der Waals surface area (Å²) < 4.78 is 140. The van der Waals surface area contributed by atoms with E-state index >= 15 is 35.1 Å². The van der Waals surface area contributed by atoms with E-state index in [4.69, 9.17) is 0 Å². The molecule has 8 bridgehead atoms. The smallest absolute Gasteiger partial charge is 0.187 e. The summed E-state index contributed by atoms with van der Waals surface area (Å²) in [7, 11) is 6.65. The van der Waals surface area contributed by atoms with Crippen molar-refractivity contribution >= 4 is 45.4 Å². The van der Waals surface area contributed by atoms with Gasteiger partial charge in [0.15, 0.2) is 96.2 Å². The molecule has 2 aliphatic heterocycles. The predicted molar refractivity (Wildman–Crippen MR) is 205 cm³/mol. The highest BCUT2D eigenvalue weighted by Gasteiger charge is 2.35. The SMILES string of the molecule is C[n+]1ccc(-c2c3nc(c(-c4cc[n+](C)cc4)c4[nH]c(c(F)c4F)c(-c4cc[n+](C)cc4)c4nc(c(-c5cc[n+](C)cc5)c5[nH]c2c(F)c5F)C(F)=C4F)C(F)=C3F)cc1. The number of H-pyrrole nitrogens is 2. The van der Waals surface area contributed by atoms with E-state index in [-0.39, 0.29) is 22.3 Å². The fourth-order valence-electron chi connectivity index (χ4n) is 7.36. The van der Waals surface area contributed by atoms with Crippen LogP contribution in [0.3, 0.4) is 0 Å². The minimum atomic E-state index is -1.63. The molecule has 16 heteroatoms. The Hall–Kier alpha value is -7.36. The molecule has 2 N–H and O–H groups in total. The van der Waals surface area contributed by atoms with Gasteiger partial charge in [0.05, 0.1) is 22.1 Å². The molecule has 7 aromatic heterocycles. The van der Waals surface area contributed by atoms with Gasteiger partial charge < -0.3 is 9.97 Å². The molecule has 0 amide bonds. The number of aromatic nitrogens is 8. The van der Waals surface area contributed by atoms with Gasteiger partial charge >= 0.3 is 0 Å².